The van der Waals surface area contributed by atoms with Crippen LogP contribution in [0.3, 0.4) is 0 Å². The number of aryl methyl sites for hydroxylation is 1. The van der Waals surface area contributed by atoms with Gasteiger partial charge in [-0.15, -0.1) is 0 Å². The van der Waals surface area contributed by atoms with Crippen LogP contribution >= 0.6 is 0 Å². The minimum absolute atomic E-state index is 0.0215. The molecule has 3 saturated carbocycles. The number of H-pyrrole nitrogens is 1. The Morgan fingerprint density at radius 3 is 2.76 bits per heavy atom. The van der Waals surface area contributed by atoms with Crippen molar-refractivity contribution in [3.63, 3.8) is 0 Å². The molecule has 1 aromatic carbocycles. The second kappa shape index (κ2) is 9.29. The van der Waals surface area contributed by atoms with Crippen LogP contribution in [-0.2, 0) is 6.42 Å². The number of benzene rings is 1. The molecule has 4 aromatic rings. The number of anilines is 1. The third kappa shape index (κ3) is 4.24. The Morgan fingerprint density at radius 2 is 1.95 bits per heavy atom. The summed E-state index contributed by atoms with van der Waals surface area (Å²) in [5, 5.41) is 21.7. The molecule has 0 spiro atoms. The van der Waals surface area contributed by atoms with Gasteiger partial charge in [0.2, 0.25) is 0 Å². The van der Waals surface area contributed by atoms with Gasteiger partial charge in [0, 0.05) is 24.9 Å². The normalized spacial score (nSPS) is 29.5. The number of imidazole rings is 2. The van der Waals surface area contributed by atoms with Crippen LogP contribution in [-0.4, -0.2) is 76.4 Å². The molecule has 0 saturated heterocycles. The molecule has 0 radical (unpaired) electrons. The summed E-state index contributed by atoms with van der Waals surface area (Å²) in [6.45, 7) is 0.753. The molecule has 0 unspecified atom stereocenters. The number of fused-ring (bicyclic) bond motifs is 2. The number of nitrogens with one attached hydrogen (secondary N) is 1. The maximum atomic E-state index is 10.9. The van der Waals surface area contributed by atoms with Crippen LogP contribution in [0.25, 0.3) is 22.2 Å². The van der Waals surface area contributed by atoms with Crippen molar-refractivity contribution < 1.29 is 10.2 Å². The Labute approximate surface area is 221 Å². The van der Waals surface area contributed by atoms with E-state index in [-0.39, 0.29) is 12.0 Å². The van der Waals surface area contributed by atoms with Crippen LogP contribution in [0.4, 0.5) is 5.82 Å². The summed E-state index contributed by atoms with van der Waals surface area (Å²) in [5.74, 6) is 2.85. The highest BCUT2D eigenvalue weighted by Crippen LogP contribution is 2.41. The van der Waals surface area contributed by atoms with Crippen LogP contribution in [0, 0.1) is 11.8 Å². The van der Waals surface area contributed by atoms with Crippen LogP contribution in [0.15, 0.2) is 30.9 Å². The molecule has 3 aromatic heterocycles. The number of aliphatic hydroxyl groups is 2. The van der Waals surface area contributed by atoms with Gasteiger partial charge in [-0.1, -0.05) is 6.07 Å². The predicted octanol–water partition coefficient (Wildman–Crippen LogP) is 2.79. The smallest absolute Gasteiger partial charge is 0.165 e. The number of nitrogen functional groups attached to an aromatic ring is 1. The average molecular weight is 517 g/mol. The summed E-state index contributed by atoms with van der Waals surface area (Å²) in [4.78, 5) is 23.4. The van der Waals surface area contributed by atoms with E-state index < -0.39 is 12.2 Å². The van der Waals surface area contributed by atoms with Crippen molar-refractivity contribution in [2.24, 2.45) is 11.8 Å². The minimum Gasteiger partial charge on any atom is -0.390 e. The first-order chi connectivity index (χ1) is 18.4. The van der Waals surface area contributed by atoms with Gasteiger partial charge < -0.3 is 30.4 Å². The Bertz CT molecular complexity index is 1460. The van der Waals surface area contributed by atoms with Crippen LogP contribution in [0.2, 0.25) is 0 Å². The van der Waals surface area contributed by atoms with Crippen molar-refractivity contribution >= 4 is 28.0 Å². The van der Waals surface area contributed by atoms with Gasteiger partial charge in [0.05, 0.1) is 29.5 Å². The first kappa shape index (κ1) is 24.0. The number of hydrogen-bond donors (Lipinski definition) is 4. The second-order valence-electron chi connectivity index (χ2n) is 11.8. The number of nitrogens with zero attached hydrogens (tertiary/aromatic N) is 6. The van der Waals surface area contributed by atoms with Gasteiger partial charge in [0.15, 0.2) is 11.5 Å². The van der Waals surface area contributed by atoms with Gasteiger partial charge in [-0.2, -0.15) is 0 Å². The third-order valence-corrected chi connectivity index (χ3v) is 9.27. The summed E-state index contributed by atoms with van der Waals surface area (Å²) >= 11 is 0. The van der Waals surface area contributed by atoms with Gasteiger partial charge in [-0.25, -0.2) is 19.9 Å². The molecule has 0 bridgehead atoms. The van der Waals surface area contributed by atoms with E-state index in [0.29, 0.717) is 35.4 Å². The zero-order chi connectivity index (χ0) is 26.0. The summed E-state index contributed by atoms with van der Waals surface area (Å²) in [6.07, 6.45) is 9.14. The maximum absolute atomic E-state index is 10.9. The van der Waals surface area contributed by atoms with E-state index >= 15 is 0 Å². The number of hydrogen-bond acceptors (Lipinski definition) is 8. The van der Waals surface area contributed by atoms with Crippen LogP contribution < -0.4 is 5.73 Å². The first-order valence-corrected chi connectivity index (χ1v) is 13.9. The summed E-state index contributed by atoms with van der Waals surface area (Å²) in [6, 6.07) is 6.91. The molecule has 0 aliphatic heterocycles. The van der Waals surface area contributed by atoms with E-state index in [2.05, 4.69) is 50.1 Å². The van der Waals surface area contributed by atoms with Crippen molar-refractivity contribution in [2.45, 2.75) is 75.2 Å². The number of aromatic nitrogens is 6. The molecular weight excluding hydrogens is 480 g/mol. The molecule has 5 N–H and O–H groups in total. The fourth-order valence-corrected chi connectivity index (χ4v) is 6.69. The van der Waals surface area contributed by atoms with E-state index in [4.69, 9.17) is 10.7 Å². The highest BCUT2D eigenvalue weighted by Gasteiger charge is 2.44. The Hall–Kier alpha value is -3.08. The van der Waals surface area contributed by atoms with E-state index in [9.17, 15) is 10.2 Å². The van der Waals surface area contributed by atoms with Crippen molar-refractivity contribution in [2.75, 3.05) is 19.3 Å². The molecule has 3 fully saturated rings. The number of nitrogens with two attached hydrogens (primary N) is 1. The molecule has 200 valence electrons. The molecule has 10 nitrogen and oxygen atoms in total. The molecule has 3 aliphatic rings. The minimum atomic E-state index is -0.875. The van der Waals surface area contributed by atoms with E-state index in [1.54, 1.807) is 6.33 Å². The zero-order valence-corrected chi connectivity index (χ0v) is 21.7. The highest BCUT2D eigenvalue weighted by atomic mass is 16.3. The van der Waals surface area contributed by atoms with Crippen molar-refractivity contribution in [3.05, 3.63) is 42.2 Å². The zero-order valence-electron chi connectivity index (χ0n) is 21.7. The van der Waals surface area contributed by atoms with Gasteiger partial charge in [0.25, 0.3) is 0 Å². The average Bonchev–Trinajstić information content (AvgIpc) is 3.42. The maximum Gasteiger partial charge on any atom is 0.165 e. The van der Waals surface area contributed by atoms with Crippen LogP contribution in [0.1, 0.15) is 61.9 Å². The predicted molar refractivity (Wildman–Crippen MR) is 144 cm³/mol. The van der Waals surface area contributed by atoms with Crippen molar-refractivity contribution in [1.29, 1.82) is 0 Å². The lowest BCUT2D eigenvalue weighted by Crippen LogP contribution is -2.46. The molecule has 7 rings (SSSR count). The quantitative estimate of drug-likeness (QED) is 0.280. The lowest BCUT2D eigenvalue weighted by Gasteiger charge is -2.42. The lowest BCUT2D eigenvalue weighted by molar-refractivity contribution is -0.00662. The van der Waals surface area contributed by atoms with Gasteiger partial charge in [-0.05, 0) is 75.1 Å². The molecule has 10 heteroatoms. The summed E-state index contributed by atoms with van der Waals surface area (Å²) in [7, 11) is 2.14. The second-order valence-corrected chi connectivity index (χ2v) is 11.8. The third-order valence-electron chi connectivity index (χ3n) is 9.27. The molecule has 4 atom stereocenters. The summed E-state index contributed by atoms with van der Waals surface area (Å²) in [5.41, 5.74) is 10.7. The molecule has 3 heterocycles. The van der Waals surface area contributed by atoms with Crippen molar-refractivity contribution in [1.82, 2.24) is 34.4 Å². The monoisotopic (exact) mass is 516 g/mol. The topological polar surface area (TPSA) is 142 Å². The standard InChI is InChI=1S/C28H36N8O2/c1-35(12-18-11-22(26(38)25(18)37)36-14-32-24-27(29)30-13-31-28(24)36)19-8-15(9-19)2-7-23-33-20-6-5-17(16-3-4-16)10-21(20)34-23/h5-6,10,13-16,18-19,22,25-26,37-38H,2-4,7-9,11-12H2,1H3,(H,33,34)(H2,29,30,31)/t15?,18-,19?,22-,25-,26+/m1/s1. The van der Waals surface area contributed by atoms with E-state index in [0.717, 1.165) is 36.6 Å². The number of rotatable bonds is 8. The largest absolute Gasteiger partial charge is 0.390 e. The fraction of sp³-hybridized carbons (Fsp3) is 0.571. The van der Waals surface area contributed by atoms with E-state index in [1.165, 1.54) is 43.1 Å². The molecule has 38 heavy (non-hydrogen) atoms. The SMILES string of the molecule is CN(C[C@H]1C[C@@H](n2cnc3c(N)ncnc32)[C@H](O)[C@@H]1O)C1CC(CCc2nc3ccc(C4CC4)cc3[nH]2)C1. The molecule has 3 aliphatic carbocycles. The first-order valence-electron chi connectivity index (χ1n) is 13.9. The highest BCUT2D eigenvalue weighted by molar-refractivity contribution is 5.81. The Kier molecular flexibility index (Phi) is 5.86. The van der Waals surface area contributed by atoms with E-state index in [1.807, 2.05) is 4.57 Å². The summed E-state index contributed by atoms with van der Waals surface area (Å²) < 4.78 is 1.84. The molecule has 0 amide bonds. The van der Waals surface area contributed by atoms with Gasteiger partial charge in [0.1, 0.15) is 23.8 Å². The molecular formula is C28H36N8O2. The fourth-order valence-electron chi connectivity index (χ4n) is 6.69. The lowest BCUT2D eigenvalue weighted by atomic mass is 9.76. The number of aliphatic hydroxyl groups excluding tert-OH is 2. The van der Waals surface area contributed by atoms with Gasteiger partial charge in [-0.3, -0.25) is 0 Å². The number of aromatic amines is 1. The Morgan fingerprint density at radius 1 is 1.11 bits per heavy atom. The Balaban J connectivity index is 0.920. The van der Waals surface area contributed by atoms with Crippen molar-refractivity contribution in [3.8, 4) is 0 Å². The van der Waals surface area contributed by atoms with Crippen LogP contribution in [0.5, 0.6) is 0 Å². The van der Waals surface area contributed by atoms with Gasteiger partial charge >= 0.3 is 0 Å².